The number of ether oxygens (including phenoxy) is 1. The number of halogens is 2. The van der Waals surface area contributed by atoms with Crippen LogP contribution in [0, 0.1) is 6.92 Å². The van der Waals surface area contributed by atoms with Crippen LogP contribution in [-0.2, 0) is 16.6 Å². The Morgan fingerprint density at radius 1 is 1.12 bits per heavy atom. The summed E-state index contributed by atoms with van der Waals surface area (Å²) in [6.07, 6.45) is 0. The summed E-state index contributed by atoms with van der Waals surface area (Å²) in [4.78, 5) is 4.46. The van der Waals surface area contributed by atoms with Crippen LogP contribution in [0.15, 0.2) is 47.4 Å². The van der Waals surface area contributed by atoms with E-state index >= 15 is 0 Å². The Balaban J connectivity index is 1.99. The largest absolute Gasteiger partial charge is 0.487 e. The minimum absolute atomic E-state index is 0.0134. The Hall–Kier alpha value is -1.86. The quantitative estimate of drug-likeness (QED) is 0.679. The maximum Gasteiger partial charge on any atom is 0.241 e. The molecular weight excluding hydrogens is 395 g/mol. The molecule has 8 heteroatoms. The molecule has 0 aliphatic carbocycles. The van der Waals surface area contributed by atoms with Crippen LogP contribution in [0.2, 0.25) is 10.0 Å². The fourth-order valence-corrected chi connectivity index (χ4v) is 4.12. The standard InChI is InChI=1S/C18H16Cl2N2O3S/c1-11-6-7-12-4-3-5-15(18(12)22-11)25-10-13-14(19)8-9-16(17(13)20)26(23,24)21-2/h3-9,21H,10H2,1-2H3. The first-order valence-corrected chi connectivity index (χ1v) is 9.97. The SMILES string of the molecule is CNS(=O)(=O)c1ccc(Cl)c(COc2cccc3ccc(C)nc23)c1Cl. The minimum atomic E-state index is -3.70. The molecule has 0 atom stereocenters. The van der Waals surface area contributed by atoms with Gasteiger partial charge in [0.1, 0.15) is 22.8 Å². The van der Waals surface area contributed by atoms with Crippen LogP contribution in [-0.4, -0.2) is 20.4 Å². The van der Waals surface area contributed by atoms with Gasteiger partial charge in [0, 0.05) is 21.7 Å². The molecule has 0 bridgehead atoms. The summed E-state index contributed by atoms with van der Waals surface area (Å²) in [6.45, 7) is 1.91. The van der Waals surface area contributed by atoms with Gasteiger partial charge in [-0.15, -0.1) is 0 Å². The van der Waals surface area contributed by atoms with E-state index in [9.17, 15) is 8.42 Å². The maximum absolute atomic E-state index is 12.1. The summed E-state index contributed by atoms with van der Waals surface area (Å²) in [7, 11) is -2.38. The molecule has 0 spiro atoms. The van der Waals surface area contributed by atoms with E-state index in [1.807, 2.05) is 31.2 Å². The van der Waals surface area contributed by atoms with Crippen molar-refractivity contribution in [2.45, 2.75) is 18.4 Å². The fraction of sp³-hybridized carbons (Fsp3) is 0.167. The summed E-state index contributed by atoms with van der Waals surface area (Å²) < 4.78 is 32.3. The van der Waals surface area contributed by atoms with Crippen LogP contribution in [0.5, 0.6) is 5.75 Å². The predicted octanol–water partition coefficient (Wildman–Crippen LogP) is 4.34. The lowest BCUT2D eigenvalue weighted by Crippen LogP contribution is -2.19. The molecule has 2 aromatic carbocycles. The van der Waals surface area contributed by atoms with E-state index in [0.717, 1.165) is 16.6 Å². The van der Waals surface area contributed by atoms with Gasteiger partial charge in [0.25, 0.3) is 0 Å². The van der Waals surface area contributed by atoms with Crippen LogP contribution < -0.4 is 9.46 Å². The first kappa shape index (κ1) is 18.9. The Morgan fingerprint density at radius 2 is 1.88 bits per heavy atom. The molecule has 3 rings (SSSR count). The lowest BCUT2D eigenvalue weighted by atomic mass is 10.2. The van der Waals surface area contributed by atoms with E-state index in [1.54, 1.807) is 6.07 Å². The summed E-state index contributed by atoms with van der Waals surface area (Å²) in [5.74, 6) is 0.570. The second-order valence-corrected chi connectivity index (χ2v) is 8.25. The van der Waals surface area contributed by atoms with Gasteiger partial charge >= 0.3 is 0 Å². The van der Waals surface area contributed by atoms with Crippen molar-refractivity contribution in [2.75, 3.05) is 7.05 Å². The number of nitrogens with zero attached hydrogens (tertiary/aromatic N) is 1. The number of para-hydroxylation sites is 1. The van der Waals surface area contributed by atoms with Crippen LogP contribution in [0.4, 0.5) is 0 Å². The number of benzene rings is 2. The number of hydrogen-bond acceptors (Lipinski definition) is 4. The lowest BCUT2D eigenvalue weighted by Gasteiger charge is -2.14. The van der Waals surface area contributed by atoms with Crippen molar-refractivity contribution >= 4 is 44.1 Å². The second kappa shape index (κ2) is 7.40. The van der Waals surface area contributed by atoms with Crippen molar-refractivity contribution in [2.24, 2.45) is 0 Å². The highest BCUT2D eigenvalue weighted by molar-refractivity contribution is 7.89. The Kier molecular flexibility index (Phi) is 5.39. The van der Waals surface area contributed by atoms with E-state index in [4.69, 9.17) is 27.9 Å². The maximum atomic E-state index is 12.1. The summed E-state index contributed by atoms with van der Waals surface area (Å²) in [5, 5.41) is 1.31. The molecule has 5 nitrogen and oxygen atoms in total. The van der Waals surface area contributed by atoms with Gasteiger partial charge in [-0.05, 0) is 38.2 Å². The van der Waals surface area contributed by atoms with Crippen molar-refractivity contribution in [3.63, 3.8) is 0 Å². The number of rotatable bonds is 5. The van der Waals surface area contributed by atoms with Crippen molar-refractivity contribution in [1.29, 1.82) is 0 Å². The van der Waals surface area contributed by atoms with Crippen molar-refractivity contribution in [3.8, 4) is 5.75 Å². The van der Waals surface area contributed by atoms with Crippen LogP contribution in [0.25, 0.3) is 10.9 Å². The molecule has 0 aliphatic heterocycles. The molecule has 1 aromatic heterocycles. The lowest BCUT2D eigenvalue weighted by molar-refractivity contribution is 0.309. The van der Waals surface area contributed by atoms with Gasteiger partial charge in [0.2, 0.25) is 10.0 Å². The molecule has 0 fully saturated rings. The average molecular weight is 411 g/mol. The number of sulfonamides is 1. The van der Waals surface area contributed by atoms with E-state index < -0.39 is 10.0 Å². The summed E-state index contributed by atoms with van der Waals surface area (Å²) in [6, 6.07) is 12.3. The predicted molar refractivity (Wildman–Crippen MR) is 104 cm³/mol. The zero-order valence-corrected chi connectivity index (χ0v) is 16.4. The monoisotopic (exact) mass is 410 g/mol. The molecule has 1 heterocycles. The number of hydrogen-bond donors (Lipinski definition) is 1. The normalized spacial score (nSPS) is 11.7. The highest BCUT2D eigenvalue weighted by Gasteiger charge is 2.20. The second-order valence-electron chi connectivity index (χ2n) is 5.61. The highest BCUT2D eigenvalue weighted by atomic mass is 35.5. The zero-order valence-electron chi connectivity index (χ0n) is 14.1. The number of aryl methyl sites for hydroxylation is 1. The van der Waals surface area contributed by atoms with E-state index in [-0.39, 0.29) is 16.5 Å². The molecular formula is C18H16Cl2N2O3S. The van der Waals surface area contributed by atoms with Gasteiger partial charge < -0.3 is 4.74 Å². The van der Waals surface area contributed by atoms with E-state index in [0.29, 0.717) is 16.3 Å². The Bertz CT molecular complexity index is 1090. The molecule has 1 N–H and O–H groups in total. The van der Waals surface area contributed by atoms with Crippen molar-refractivity contribution in [1.82, 2.24) is 9.71 Å². The molecule has 3 aromatic rings. The number of aromatic nitrogens is 1. The first-order chi connectivity index (χ1) is 12.3. The van der Waals surface area contributed by atoms with Gasteiger partial charge in [-0.25, -0.2) is 18.1 Å². The number of pyridine rings is 1. The molecule has 136 valence electrons. The summed E-state index contributed by atoms with van der Waals surface area (Å²) >= 11 is 12.5. The van der Waals surface area contributed by atoms with Gasteiger partial charge in [-0.2, -0.15) is 0 Å². The smallest absolute Gasteiger partial charge is 0.241 e. The Labute approximate surface area is 162 Å². The Morgan fingerprint density at radius 3 is 2.62 bits per heavy atom. The summed E-state index contributed by atoms with van der Waals surface area (Å²) in [5.41, 5.74) is 1.99. The van der Waals surface area contributed by atoms with Crippen molar-refractivity contribution < 1.29 is 13.2 Å². The molecule has 0 aliphatic rings. The van der Waals surface area contributed by atoms with Gasteiger partial charge in [-0.1, -0.05) is 41.4 Å². The van der Waals surface area contributed by atoms with E-state index in [2.05, 4.69) is 9.71 Å². The molecule has 26 heavy (non-hydrogen) atoms. The highest BCUT2D eigenvalue weighted by Crippen LogP contribution is 2.33. The minimum Gasteiger partial charge on any atom is -0.487 e. The number of nitrogens with one attached hydrogen (secondary N) is 1. The average Bonchev–Trinajstić information content (AvgIpc) is 2.61. The van der Waals surface area contributed by atoms with Gasteiger partial charge in [-0.3, -0.25) is 0 Å². The van der Waals surface area contributed by atoms with Crippen LogP contribution in [0.3, 0.4) is 0 Å². The molecule has 0 radical (unpaired) electrons. The van der Waals surface area contributed by atoms with Crippen LogP contribution in [0.1, 0.15) is 11.3 Å². The molecule has 0 saturated heterocycles. The van der Waals surface area contributed by atoms with Gasteiger partial charge in [0.15, 0.2) is 0 Å². The first-order valence-electron chi connectivity index (χ1n) is 7.73. The van der Waals surface area contributed by atoms with Crippen molar-refractivity contribution in [3.05, 3.63) is 63.8 Å². The molecule has 0 saturated carbocycles. The third kappa shape index (κ3) is 3.64. The fourth-order valence-electron chi connectivity index (χ4n) is 2.51. The van der Waals surface area contributed by atoms with E-state index in [1.165, 1.54) is 19.2 Å². The third-order valence-corrected chi connectivity index (χ3v) is 6.26. The zero-order chi connectivity index (χ0) is 18.9. The van der Waals surface area contributed by atoms with Gasteiger partial charge in [0.05, 0.1) is 5.02 Å². The molecule has 0 unspecified atom stereocenters. The number of fused-ring (bicyclic) bond motifs is 1. The third-order valence-electron chi connectivity index (χ3n) is 3.90. The topological polar surface area (TPSA) is 68.3 Å². The van der Waals surface area contributed by atoms with Crippen LogP contribution >= 0.6 is 23.2 Å². The molecule has 0 amide bonds.